The fourth-order valence-electron chi connectivity index (χ4n) is 2.73. The van der Waals surface area contributed by atoms with Crippen molar-refractivity contribution in [2.45, 2.75) is 6.54 Å². The van der Waals surface area contributed by atoms with Gasteiger partial charge in [0.1, 0.15) is 6.07 Å². The molecule has 1 aliphatic heterocycles. The summed E-state index contributed by atoms with van der Waals surface area (Å²) in [6.45, 7) is -0.0746. The standard InChI is InChI=1S/C21H15N3O4S/c1-27-18-10-14(6-7-17(18)28-9-8-22)11-19-20(25)24(21(26)29-19)13-16-5-3-2-4-15(16)12-23/h2-7,10-11H,9,13H2,1H3/b19-11-. The summed E-state index contributed by atoms with van der Waals surface area (Å²) in [5, 5.41) is 17.4. The third-order valence-electron chi connectivity index (χ3n) is 4.12. The summed E-state index contributed by atoms with van der Waals surface area (Å²) in [7, 11) is 1.47. The summed E-state index contributed by atoms with van der Waals surface area (Å²) in [4.78, 5) is 26.5. The molecule has 0 aromatic heterocycles. The molecule has 0 atom stereocenters. The second-order valence-corrected chi connectivity index (χ2v) is 6.89. The molecule has 29 heavy (non-hydrogen) atoms. The number of methoxy groups -OCH3 is 1. The summed E-state index contributed by atoms with van der Waals surface area (Å²) in [6, 6.07) is 15.8. The Hall–Kier alpha value is -3.75. The van der Waals surface area contributed by atoms with Crippen molar-refractivity contribution in [1.82, 2.24) is 4.90 Å². The van der Waals surface area contributed by atoms with Crippen LogP contribution in [0.4, 0.5) is 4.79 Å². The van der Waals surface area contributed by atoms with Gasteiger partial charge in [0.2, 0.25) is 0 Å². The minimum atomic E-state index is -0.420. The molecule has 3 rings (SSSR count). The topological polar surface area (TPSA) is 103 Å². The van der Waals surface area contributed by atoms with Gasteiger partial charge in [-0.05, 0) is 47.2 Å². The first kappa shape index (κ1) is 20.0. The largest absolute Gasteiger partial charge is 0.493 e. The maximum Gasteiger partial charge on any atom is 0.293 e. The highest BCUT2D eigenvalue weighted by molar-refractivity contribution is 8.18. The number of carbonyl (C=O) groups excluding carboxylic acids is 2. The van der Waals surface area contributed by atoms with Crippen LogP contribution >= 0.6 is 11.8 Å². The number of carbonyl (C=O) groups is 2. The van der Waals surface area contributed by atoms with Gasteiger partial charge in [0.25, 0.3) is 11.1 Å². The molecule has 2 aromatic rings. The molecule has 0 radical (unpaired) electrons. The highest BCUT2D eigenvalue weighted by Gasteiger charge is 2.35. The van der Waals surface area contributed by atoms with Crippen molar-refractivity contribution in [3.8, 4) is 23.6 Å². The van der Waals surface area contributed by atoms with Crippen LogP contribution < -0.4 is 9.47 Å². The van der Waals surface area contributed by atoms with Crippen LogP contribution in [0.3, 0.4) is 0 Å². The predicted octanol–water partition coefficient (Wildman–Crippen LogP) is 3.71. The number of hydrogen-bond acceptors (Lipinski definition) is 7. The molecule has 0 aliphatic carbocycles. The third-order valence-corrected chi connectivity index (χ3v) is 5.02. The van der Waals surface area contributed by atoms with E-state index < -0.39 is 11.1 Å². The van der Waals surface area contributed by atoms with Gasteiger partial charge in [0.05, 0.1) is 30.2 Å². The summed E-state index contributed by atoms with van der Waals surface area (Å²) >= 11 is 0.841. The SMILES string of the molecule is COc1cc(/C=C2\SC(=O)N(Cc3ccccc3C#N)C2=O)ccc1OCC#N. The van der Waals surface area contributed by atoms with Crippen molar-refractivity contribution >= 4 is 29.0 Å². The van der Waals surface area contributed by atoms with Gasteiger partial charge in [-0.25, -0.2) is 0 Å². The number of amides is 2. The first-order chi connectivity index (χ1) is 14.1. The quantitative estimate of drug-likeness (QED) is 0.675. The number of imide groups is 1. The maximum absolute atomic E-state index is 12.7. The van der Waals surface area contributed by atoms with E-state index in [-0.39, 0.29) is 18.1 Å². The molecule has 1 fully saturated rings. The highest BCUT2D eigenvalue weighted by Crippen LogP contribution is 2.35. The minimum absolute atomic E-state index is 0.0377. The van der Waals surface area contributed by atoms with Crippen LogP contribution in [-0.4, -0.2) is 29.8 Å². The molecule has 0 bridgehead atoms. The average molecular weight is 405 g/mol. The molecule has 1 saturated heterocycles. The van der Waals surface area contributed by atoms with Gasteiger partial charge in [0, 0.05) is 0 Å². The van der Waals surface area contributed by atoms with Gasteiger partial charge >= 0.3 is 0 Å². The zero-order valence-corrected chi connectivity index (χ0v) is 16.2. The van der Waals surface area contributed by atoms with Crippen LogP contribution in [0.5, 0.6) is 11.5 Å². The van der Waals surface area contributed by atoms with Crippen molar-refractivity contribution in [3.05, 3.63) is 64.1 Å². The van der Waals surface area contributed by atoms with Gasteiger partial charge in [-0.15, -0.1) is 0 Å². The molecule has 0 unspecified atom stereocenters. The maximum atomic E-state index is 12.7. The number of hydrogen-bond donors (Lipinski definition) is 0. The van der Waals surface area contributed by atoms with Crippen molar-refractivity contribution in [3.63, 3.8) is 0 Å². The van der Waals surface area contributed by atoms with Crippen LogP contribution in [0.15, 0.2) is 47.4 Å². The Bertz CT molecular complexity index is 1080. The van der Waals surface area contributed by atoms with Gasteiger partial charge in [-0.3, -0.25) is 14.5 Å². The van der Waals surface area contributed by atoms with E-state index in [9.17, 15) is 14.9 Å². The van der Waals surface area contributed by atoms with E-state index in [1.807, 2.05) is 6.07 Å². The number of rotatable bonds is 6. The number of benzene rings is 2. The molecule has 2 aromatic carbocycles. The van der Waals surface area contributed by atoms with E-state index in [4.69, 9.17) is 14.7 Å². The first-order valence-corrected chi connectivity index (χ1v) is 9.30. The van der Waals surface area contributed by atoms with Gasteiger partial charge in [-0.2, -0.15) is 10.5 Å². The average Bonchev–Trinajstić information content (AvgIpc) is 3.00. The fourth-order valence-corrected chi connectivity index (χ4v) is 3.57. The molecule has 0 N–H and O–H groups in total. The predicted molar refractivity (Wildman–Crippen MR) is 107 cm³/mol. The second kappa shape index (κ2) is 8.96. The Morgan fingerprint density at radius 3 is 2.66 bits per heavy atom. The van der Waals surface area contributed by atoms with Crippen molar-refractivity contribution < 1.29 is 19.1 Å². The van der Waals surface area contributed by atoms with Crippen LogP contribution in [0.1, 0.15) is 16.7 Å². The van der Waals surface area contributed by atoms with Gasteiger partial charge in [-0.1, -0.05) is 24.3 Å². The molecule has 0 saturated carbocycles. The van der Waals surface area contributed by atoms with Gasteiger partial charge < -0.3 is 9.47 Å². The zero-order chi connectivity index (χ0) is 20.8. The molecule has 0 spiro atoms. The first-order valence-electron chi connectivity index (χ1n) is 8.48. The summed E-state index contributed by atoms with van der Waals surface area (Å²) in [5.41, 5.74) is 1.68. The molecule has 144 valence electrons. The minimum Gasteiger partial charge on any atom is -0.493 e. The van der Waals surface area contributed by atoms with E-state index in [2.05, 4.69) is 6.07 Å². The lowest BCUT2D eigenvalue weighted by Crippen LogP contribution is -2.27. The van der Waals surface area contributed by atoms with E-state index in [0.717, 1.165) is 16.7 Å². The van der Waals surface area contributed by atoms with Crippen molar-refractivity contribution in [2.24, 2.45) is 0 Å². The Balaban J connectivity index is 1.83. The molecule has 2 amide bonds. The van der Waals surface area contributed by atoms with Crippen molar-refractivity contribution in [1.29, 1.82) is 10.5 Å². The molecule has 1 aliphatic rings. The zero-order valence-electron chi connectivity index (χ0n) is 15.4. The molecular weight excluding hydrogens is 390 g/mol. The Kier molecular flexibility index (Phi) is 6.18. The van der Waals surface area contributed by atoms with E-state index in [1.54, 1.807) is 48.5 Å². The van der Waals surface area contributed by atoms with Crippen LogP contribution in [-0.2, 0) is 11.3 Å². The lowest BCUT2D eigenvalue weighted by atomic mass is 10.1. The van der Waals surface area contributed by atoms with Crippen LogP contribution in [0.2, 0.25) is 0 Å². The summed E-state index contributed by atoms with van der Waals surface area (Å²) < 4.78 is 10.5. The molecule has 1 heterocycles. The Labute approximate surface area is 171 Å². The lowest BCUT2D eigenvalue weighted by Gasteiger charge is -2.13. The molecule has 8 heteroatoms. The number of nitrogens with zero attached hydrogens (tertiary/aromatic N) is 3. The number of ether oxygens (including phenoxy) is 2. The van der Waals surface area contributed by atoms with Gasteiger partial charge in [0.15, 0.2) is 18.1 Å². The Morgan fingerprint density at radius 1 is 1.14 bits per heavy atom. The fraction of sp³-hybridized carbons (Fsp3) is 0.143. The van der Waals surface area contributed by atoms with Crippen LogP contribution in [0, 0.1) is 22.7 Å². The highest BCUT2D eigenvalue weighted by atomic mass is 32.2. The van der Waals surface area contributed by atoms with Crippen LogP contribution in [0.25, 0.3) is 6.08 Å². The van der Waals surface area contributed by atoms with E-state index >= 15 is 0 Å². The second-order valence-electron chi connectivity index (χ2n) is 5.89. The third kappa shape index (κ3) is 4.40. The van der Waals surface area contributed by atoms with Crippen molar-refractivity contribution in [2.75, 3.05) is 13.7 Å². The Morgan fingerprint density at radius 2 is 1.93 bits per heavy atom. The molecular formula is C21H15N3O4S. The normalized spacial score (nSPS) is 14.6. The summed E-state index contributed by atoms with van der Waals surface area (Å²) in [5.74, 6) is 0.403. The monoisotopic (exact) mass is 405 g/mol. The molecule has 7 nitrogen and oxygen atoms in total. The lowest BCUT2D eigenvalue weighted by molar-refractivity contribution is -0.123. The number of thioether (sulfide) groups is 1. The smallest absolute Gasteiger partial charge is 0.293 e. The van der Waals surface area contributed by atoms with E-state index in [0.29, 0.717) is 28.2 Å². The van der Waals surface area contributed by atoms with E-state index in [1.165, 1.54) is 7.11 Å². The number of nitriles is 2. The summed E-state index contributed by atoms with van der Waals surface area (Å²) in [6.07, 6.45) is 1.59.